The number of carbonyl (C=O) groups excluding carboxylic acids is 2. The maximum absolute atomic E-state index is 12.0. The third-order valence-electron chi connectivity index (χ3n) is 3.33. The van der Waals surface area contributed by atoms with Crippen LogP contribution in [0.3, 0.4) is 0 Å². The summed E-state index contributed by atoms with van der Waals surface area (Å²) in [5, 5.41) is 3.01. The quantitative estimate of drug-likeness (QED) is 0.849. The summed E-state index contributed by atoms with van der Waals surface area (Å²) in [6.07, 6.45) is 3.44. The zero-order chi connectivity index (χ0) is 13.7. The molecule has 0 aromatic heterocycles. The van der Waals surface area contributed by atoms with Gasteiger partial charge in [0.25, 0.3) is 5.91 Å². The molecular weight excluding hydrogens is 242 g/mol. The summed E-state index contributed by atoms with van der Waals surface area (Å²) >= 11 is 0. The van der Waals surface area contributed by atoms with Crippen LogP contribution >= 0.6 is 0 Å². The van der Waals surface area contributed by atoms with Crippen molar-refractivity contribution in [2.45, 2.75) is 44.8 Å². The number of benzene rings is 1. The Labute approximate surface area is 113 Å². The Morgan fingerprint density at radius 3 is 2.63 bits per heavy atom. The fraction of sp³-hybridized carbons (Fsp3) is 0.467. The van der Waals surface area contributed by atoms with E-state index in [0.29, 0.717) is 12.0 Å². The van der Waals surface area contributed by atoms with Gasteiger partial charge in [0.15, 0.2) is 0 Å². The van der Waals surface area contributed by atoms with Gasteiger partial charge in [0.2, 0.25) is 0 Å². The minimum Gasteiger partial charge on any atom is -0.462 e. The smallest absolute Gasteiger partial charge is 0.302 e. The lowest BCUT2D eigenvalue weighted by molar-refractivity contribution is -0.148. The summed E-state index contributed by atoms with van der Waals surface area (Å²) in [6, 6.07) is 9.25. The average molecular weight is 261 g/mol. The first kappa shape index (κ1) is 13.6. The van der Waals surface area contributed by atoms with Crippen LogP contribution in [0.2, 0.25) is 0 Å². The minimum atomic E-state index is -0.250. The van der Waals surface area contributed by atoms with Crippen LogP contribution in [-0.2, 0) is 9.53 Å². The Morgan fingerprint density at radius 1 is 1.21 bits per heavy atom. The molecular formula is C15H19NO3. The van der Waals surface area contributed by atoms with Gasteiger partial charge >= 0.3 is 5.97 Å². The molecule has 1 N–H and O–H groups in total. The molecule has 0 saturated heterocycles. The SMILES string of the molecule is CC(=O)O[C@H]1CCC[C@H](NC(=O)c2ccccc2)C1. The lowest BCUT2D eigenvalue weighted by Gasteiger charge is -2.29. The van der Waals surface area contributed by atoms with Crippen molar-refractivity contribution in [1.82, 2.24) is 5.32 Å². The highest BCUT2D eigenvalue weighted by Crippen LogP contribution is 2.21. The lowest BCUT2D eigenvalue weighted by Crippen LogP contribution is -2.40. The molecule has 0 heterocycles. The molecule has 0 bridgehead atoms. The van der Waals surface area contributed by atoms with Crippen molar-refractivity contribution in [3.05, 3.63) is 35.9 Å². The molecule has 1 fully saturated rings. The Kier molecular flexibility index (Phi) is 4.55. The standard InChI is InChI=1S/C15H19NO3/c1-11(17)19-14-9-5-8-13(10-14)16-15(18)12-6-3-2-4-7-12/h2-4,6-7,13-14H,5,8-10H2,1H3,(H,16,18)/t13-,14-/m0/s1. The molecule has 1 amide bonds. The van der Waals surface area contributed by atoms with Crippen LogP contribution in [0.5, 0.6) is 0 Å². The highest BCUT2D eigenvalue weighted by atomic mass is 16.5. The van der Waals surface area contributed by atoms with Crippen molar-refractivity contribution in [3.63, 3.8) is 0 Å². The Balaban J connectivity index is 1.88. The summed E-state index contributed by atoms with van der Waals surface area (Å²) in [5.74, 6) is -0.311. The van der Waals surface area contributed by atoms with E-state index in [1.807, 2.05) is 18.2 Å². The van der Waals surface area contributed by atoms with Crippen LogP contribution in [0.1, 0.15) is 43.0 Å². The fourth-order valence-electron chi connectivity index (χ4n) is 2.48. The van der Waals surface area contributed by atoms with Crippen LogP contribution in [0.4, 0.5) is 0 Å². The number of ether oxygens (including phenoxy) is 1. The highest BCUT2D eigenvalue weighted by molar-refractivity contribution is 5.94. The second kappa shape index (κ2) is 6.36. The van der Waals surface area contributed by atoms with E-state index in [2.05, 4.69) is 5.32 Å². The molecule has 4 nitrogen and oxygen atoms in total. The topological polar surface area (TPSA) is 55.4 Å². The first-order valence-corrected chi connectivity index (χ1v) is 6.68. The number of amides is 1. The number of hydrogen-bond acceptors (Lipinski definition) is 3. The molecule has 0 unspecified atom stereocenters. The number of esters is 1. The van der Waals surface area contributed by atoms with Gasteiger partial charge in [-0.15, -0.1) is 0 Å². The van der Waals surface area contributed by atoms with Gasteiger partial charge in [0, 0.05) is 24.9 Å². The normalized spacial score (nSPS) is 22.6. The Hall–Kier alpha value is -1.84. The number of nitrogens with one attached hydrogen (secondary N) is 1. The van der Waals surface area contributed by atoms with Gasteiger partial charge < -0.3 is 10.1 Å². The number of hydrogen-bond donors (Lipinski definition) is 1. The maximum atomic E-state index is 12.0. The molecule has 1 saturated carbocycles. The van der Waals surface area contributed by atoms with Gasteiger partial charge in [0.1, 0.15) is 6.10 Å². The van der Waals surface area contributed by atoms with E-state index in [-0.39, 0.29) is 24.0 Å². The third kappa shape index (κ3) is 4.09. The molecule has 1 aromatic rings. The van der Waals surface area contributed by atoms with Crippen LogP contribution in [0, 0.1) is 0 Å². The van der Waals surface area contributed by atoms with Crippen molar-refractivity contribution in [2.24, 2.45) is 0 Å². The summed E-state index contributed by atoms with van der Waals surface area (Å²) in [4.78, 5) is 23.0. The van der Waals surface area contributed by atoms with Gasteiger partial charge in [0.05, 0.1) is 0 Å². The molecule has 0 aliphatic heterocycles. The monoisotopic (exact) mass is 261 g/mol. The molecule has 2 atom stereocenters. The third-order valence-corrected chi connectivity index (χ3v) is 3.33. The molecule has 0 radical (unpaired) electrons. The zero-order valence-electron chi connectivity index (χ0n) is 11.1. The summed E-state index contributed by atoms with van der Waals surface area (Å²) in [6.45, 7) is 1.42. The van der Waals surface area contributed by atoms with Crippen LogP contribution in [-0.4, -0.2) is 24.0 Å². The van der Waals surface area contributed by atoms with E-state index in [1.165, 1.54) is 6.92 Å². The summed E-state index contributed by atoms with van der Waals surface area (Å²) in [7, 11) is 0. The molecule has 1 aliphatic rings. The van der Waals surface area contributed by atoms with Gasteiger partial charge in [-0.1, -0.05) is 18.2 Å². The second-order valence-corrected chi connectivity index (χ2v) is 4.93. The van der Waals surface area contributed by atoms with Crippen molar-refractivity contribution in [3.8, 4) is 0 Å². The van der Waals surface area contributed by atoms with Gasteiger partial charge in [-0.3, -0.25) is 9.59 Å². The van der Waals surface area contributed by atoms with Crippen molar-refractivity contribution in [1.29, 1.82) is 0 Å². The van der Waals surface area contributed by atoms with Crippen LogP contribution in [0.25, 0.3) is 0 Å². The van der Waals surface area contributed by atoms with E-state index >= 15 is 0 Å². The molecule has 1 aliphatic carbocycles. The van der Waals surface area contributed by atoms with Gasteiger partial charge in [-0.05, 0) is 31.4 Å². The van der Waals surface area contributed by atoms with Gasteiger partial charge in [-0.2, -0.15) is 0 Å². The van der Waals surface area contributed by atoms with E-state index in [4.69, 9.17) is 4.74 Å². The van der Waals surface area contributed by atoms with Crippen molar-refractivity contribution < 1.29 is 14.3 Å². The molecule has 1 aromatic carbocycles. The first-order chi connectivity index (χ1) is 9.15. The highest BCUT2D eigenvalue weighted by Gasteiger charge is 2.25. The lowest BCUT2D eigenvalue weighted by atomic mass is 9.92. The van der Waals surface area contributed by atoms with E-state index in [1.54, 1.807) is 12.1 Å². The average Bonchev–Trinajstić information content (AvgIpc) is 2.39. The van der Waals surface area contributed by atoms with Crippen LogP contribution in [0.15, 0.2) is 30.3 Å². The van der Waals surface area contributed by atoms with Crippen molar-refractivity contribution >= 4 is 11.9 Å². The molecule has 4 heteroatoms. The predicted molar refractivity (Wildman–Crippen MR) is 71.7 cm³/mol. The largest absolute Gasteiger partial charge is 0.462 e. The van der Waals surface area contributed by atoms with Gasteiger partial charge in [-0.25, -0.2) is 0 Å². The fourth-order valence-corrected chi connectivity index (χ4v) is 2.48. The van der Waals surface area contributed by atoms with E-state index < -0.39 is 0 Å². The molecule has 102 valence electrons. The van der Waals surface area contributed by atoms with E-state index in [0.717, 1.165) is 19.3 Å². The second-order valence-electron chi connectivity index (χ2n) is 4.93. The minimum absolute atomic E-state index is 0.0610. The first-order valence-electron chi connectivity index (χ1n) is 6.68. The molecule has 2 rings (SSSR count). The summed E-state index contributed by atoms with van der Waals surface area (Å²) in [5.41, 5.74) is 0.664. The Bertz CT molecular complexity index is 444. The summed E-state index contributed by atoms with van der Waals surface area (Å²) < 4.78 is 5.22. The molecule has 0 spiro atoms. The maximum Gasteiger partial charge on any atom is 0.302 e. The van der Waals surface area contributed by atoms with Crippen molar-refractivity contribution in [2.75, 3.05) is 0 Å². The number of carbonyl (C=O) groups is 2. The Morgan fingerprint density at radius 2 is 1.95 bits per heavy atom. The van der Waals surface area contributed by atoms with Crippen LogP contribution < -0.4 is 5.32 Å². The predicted octanol–water partition coefficient (Wildman–Crippen LogP) is 2.29. The zero-order valence-corrected chi connectivity index (χ0v) is 11.1. The number of rotatable bonds is 3. The molecule has 19 heavy (non-hydrogen) atoms. The van der Waals surface area contributed by atoms with E-state index in [9.17, 15) is 9.59 Å².